The lowest BCUT2D eigenvalue weighted by Gasteiger charge is -2.31. The topological polar surface area (TPSA) is 34.2 Å². The van der Waals surface area contributed by atoms with Crippen molar-refractivity contribution in [2.24, 2.45) is 5.92 Å². The van der Waals surface area contributed by atoms with Crippen LogP contribution in [0.5, 0.6) is 0 Å². The van der Waals surface area contributed by atoms with Crippen molar-refractivity contribution in [2.45, 2.75) is 32.2 Å². The van der Waals surface area contributed by atoms with E-state index in [0.29, 0.717) is 5.92 Å². The lowest BCUT2D eigenvalue weighted by Crippen LogP contribution is -2.34. The van der Waals surface area contributed by atoms with Crippen molar-refractivity contribution in [3.05, 3.63) is 42.2 Å². The molecule has 0 saturated carbocycles. The van der Waals surface area contributed by atoms with Gasteiger partial charge in [0.15, 0.2) is 0 Å². The van der Waals surface area contributed by atoms with Crippen LogP contribution in [0.25, 0.3) is 10.8 Å². The summed E-state index contributed by atoms with van der Waals surface area (Å²) in [6.07, 6.45) is 5.43. The minimum atomic E-state index is 0.288. The van der Waals surface area contributed by atoms with Gasteiger partial charge in [0.1, 0.15) is 0 Å². The van der Waals surface area contributed by atoms with Crippen LogP contribution in [-0.4, -0.2) is 24.7 Å². The van der Waals surface area contributed by atoms with E-state index in [4.69, 9.17) is 9.72 Å². The van der Waals surface area contributed by atoms with Crippen molar-refractivity contribution in [3.63, 3.8) is 0 Å². The quantitative estimate of drug-likeness (QED) is 0.909. The molecule has 112 valence electrons. The van der Waals surface area contributed by atoms with Gasteiger partial charge >= 0.3 is 0 Å². The molecule has 0 radical (unpaired) electrons. The number of benzene rings is 1. The molecule has 3 heteroatoms. The first-order valence-corrected chi connectivity index (χ1v) is 8.05. The summed E-state index contributed by atoms with van der Waals surface area (Å²) < 4.78 is 5.71. The summed E-state index contributed by atoms with van der Waals surface area (Å²) in [5, 5.41) is 6.23. The van der Waals surface area contributed by atoms with Gasteiger partial charge in [-0.25, -0.2) is 0 Å². The minimum Gasteiger partial charge on any atom is -0.381 e. The molecule has 0 spiro atoms. The summed E-state index contributed by atoms with van der Waals surface area (Å²) in [6.45, 7) is 4.97. The molecule has 1 aromatic heterocycles. The number of rotatable bonds is 5. The van der Waals surface area contributed by atoms with Crippen LogP contribution in [0.3, 0.4) is 0 Å². The number of hydrogen-bond acceptors (Lipinski definition) is 3. The highest BCUT2D eigenvalue weighted by molar-refractivity contribution is 5.84. The van der Waals surface area contributed by atoms with Gasteiger partial charge in [0, 0.05) is 24.1 Å². The number of ether oxygens (including phenoxy) is 1. The highest BCUT2D eigenvalue weighted by Gasteiger charge is 2.27. The van der Waals surface area contributed by atoms with E-state index in [1.165, 1.54) is 22.9 Å². The Hall–Kier alpha value is -1.45. The normalized spacial score (nSPS) is 20.5. The molecule has 1 aliphatic heterocycles. The SMILES string of the molecule is CCCNC(c1nccc2ccccc12)C1CCCOC1. The number of hydrogen-bond donors (Lipinski definition) is 1. The standard InChI is InChI=1S/C18H24N2O/c1-2-10-19-17(15-7-5-12-21-13-15)18-16-8-4-3-6-14(16)9-11-20-18/h3-4,6,8-9,11,15,17,19H,2,5,7,10,12-13H2,1H3. The average molecular weight is 284 g/mol. The zero-order valence-corrected chi connectivity index (χ0v) is 12.7. The third kappa shape index (κ3) is 3.25. The molecule has 2 atom stereocenters. The van der Waals surface area contributed by atoms with Crippen LogP contribution in [0, 0.1) is 5.92 Å². The summed E-state index contributed by atoms with van der Waals surface area (Å²) in [6, 6.07) is 10.9. The van der Waals surface area contributed by atoms with E-state index in [0.717, 1.165) is 32.6 Å². The van der Waals surface area contributed by atoms with Crippen molar-refractivity contribution in [3.8, 4) is 0 Å². The van der Waals surface area contributed by atoms with E-state index in [1.54, 1.807) is 0 Å². The first-order chi connectivity index (χ1) is 10.4. The largest absolute Gasteiger partial charge is 0.381 e. The Morgan fingerprint density at radius 1 is 1.33 bits per heavy atom. The number of fused-ring (bicyclic) bond motifs is 1. The fourth-order valence-electron chi connectivity index (χ4n) is 3.21. The Labute approximate surface area is 126 Å². The van der Waals surface area contributed by atoms with Gasteiger partial charge in [-0.2, -0.15) is 0 Å². The minimum absolute atomic E-state index is 0.288. The zero-order valence-electron chi connectivity index (χ0n) is 12.7. The smallest absolute Gasteiger partial charge is 0.0655 e. The summed E-state index contributed by atoms with van der Waals surface area (Å²) in [5.41, 5.74) is 1.18. The lowest BCUT2D eigenvalue weighted by molar-refractivity contribution is 0.0386. The maximum atomic E-state index is 5.71. The van der Waals surface area contributed by atoms with Crippen LogP contribution in [-0.2, 0) is 4.74 Å². The Kier molecular flexibility index (Phi) is 4.84. The molecule has 21 heavy (non-hydrogen) atoms. The number of nitrogens with one attached hydrogen (secondary N) is 1. The molecule has 2 aromatic rings. The molecule has 1 saturated heterocycles. The Balaban J connectivity index is 1.96. The first kappa shape index (κ1) is 14.5. The van der Waals surface area contributed by atoms with Crippen LogP contribution in [0.1, 0.15) is 37.9 Å². The Morgan fingerprint density at radius 3 is 3.05 bits per heavy atom. The van der Waals surface area contributed by atoms with Crippen molar-refractivity contribution in [2.75, 3.05) is 19.8 Å². The van der Waals surface area contributed by atoms with Gasteiger partial charge in [0.2, 0.25) is 0 Å². The van der Waals surface area contributed by atoms with Crippen molar-refractivity contribution in [1.29, 1.82) is 0 Å². The molecule has 3 nitrogen and oxygen atoms in total. The van der Waals surface area contributed by atoms with Gasteiger partial charge in [-0.05, 0) is 37.3 Å². The second kappa shape index (κ2) is 7.01. The molecule has 1 aromatic carbocycles. The molecule has 1 N–H and O–H groups in total. The summed E-state index contributed by atoms with van der Waals surface area (Å²) in [7, 11) is 0. The monoisotopic (exact) mass is 284 g/mol. The van der Waals surface area contributed by atoms with E-state index in [9.17, 15) is 0 Å². The highest BCUT2D eigenvalue weighted by atomic mass is 16.5. The molecule has 1 aliphatic rings. The number of pyridine rings is 1. The molecular weight excluding hydrogens is 260 g/mol. The van der Waals surface area contributed by atoms with E-state index < -0.39 is 0 Å². The molecule has 2 heterocycles. The fraction of sp³-hybridized carbons (Fsp3) is 0.500. The van der Waals surface area contributed by atoms with Crippen LogP contribution in [0.15, 0.2) is 36.5 Å². The fourth-order valence-corrected chi connectivity index (χ4v) is 3.21. The maximum absolute atomic E-state index is 5.71. The Morgan fingerprint density at radius 2 is 2.24 bits per heavy atom. The molecule has 2 unspecified atom stereocenters. The van der Waals surface area contributed by atoms with Crippen molar-refractivity contribution >= 4 is 10.8 Å². The summed E-state index contributed by atoms with van der Waals surface area (Å²) >= 11 is 0. The van der Waals surface area contributed by atoms with Gasteiger partial charge in [-0.3, -0.25) is 4.98 Å². The van der Waals surface area contributed by atoms with E-state index in [1.807, 2.05) is 6.20 Å². The van der Waals surface area contributed by atoms with Gasteiger partial charge in [-0.1, -0.05) is 31.2 Å². The van der Waals surface area contributed by atoms with Crippen LogP contribution < -0.4 is 5.32 Å². The van der Waals surface area contributed by atoms with Gasteiger partial charge < -0.3 is 10.1 Å². The van der Waals surface area contributed by atoms with E-state index in [-0.39, 0.29) is 6.04 Å². The molecule has 1 fully saturated rings. The number of nitrogens with zero attached hydrogens (tertiary/aromatic N) is 1. The molecule has 0 aliphatic carbocycles. The predicted molar refractivity (Wildman–Crippen MR) is 86.3 cm³/mol. The van der Waals surface area contributed by atoms with Crippen molar-refractivity contribution in [1.82, 2.24) is 10.3 Å². The third-order valence-corrected chi connectivity index (χ3v) is 4.28. The van der Waals surface area contributed by atoms with Crippen LogP contribution >= 0.6 is 0 Å². The average Bonchev–Trinajstić information content (AvgIpc) is 2.56. The molecule has 3 rings (SSSR count). The first-order valence-electron chi connectivity index (χ1n) is 8.05. The maximum Gasteiger partial charge on any atom is 0.0655 e. The summed E-state index contributed by atoms with van der Waals surface area (Å²) in [5.74, 6) is 0.517. The van der Waals surface area contributed by atoms with Crippen LogP contribution in [0.2, 0.25) is 0 Å². The lowest BCUT2D eigenvalue weighted by atomic mass is 9.89. The zero-order chi connectivity index (χ0) is 14.5. The van der Waals surface area contributed by atoms with Crippen LogP contribution in [0.4, 0.5) is 0 Å². The summed E-state index contributed by atoms with van der Waals surface area (Å²) in [4.78, 5) is 4.72. The van der Waals surface area contributed by atoms with Gasteiger partial charge in [-0.15, -0.1) is 0 Å². The molecular formula is C18H24N2O. The molecule has 0 amide bonds. The highest BCUT2D eigenvalue weighted by Crippen LogP contribution is 2.31. The van der Waals surface area contributed by atoms with E-state index >= 15 is 0 Å². The Bertz CT molecular complexity index is 573. The number of aromatic nitrogens is 1. The van der Waals surface area contributed by atoms with Gasteiger partial charge in [0.05, 0.1) is 18.3 Å². The van der Waals surface area contributed by atoms with Crippen molar-refractivity contribution < 1.29 is 4.74 Å². The molecule has 0 bridgehead atoms. The second-order valence-corrected chi connectivity index (χ2v) is 5.83. The predicted octanol–water partition coefficient (Wildman–Crippen LogP) is 3.70. The second-order valence-electron chi connectivity index (χ2n) is 5.83. The van der Waals surface area contributed by atoms with E-state index in [2.05, 4.69) is 42.6 Å². The third-order valence-electron chi connectivity index (χ3n) is 4.28. The van der Waals surface area contributed by atoms with Gasteiger partial charge in [0.25, 0.3) is 0 Å².